The lowest BCUT2D eigenvalue weighted by Gasteiger charge is -2.22. The number of carbonyl (C=O) groups is 1. The molecule has 3 nitrogen and oxygen atoms in total. The van der Waals surface area contributed by atoms with Gasteiger partial charge in [-0.1, -0.05) is 6.92 Å². The number of thiophene rings is 1. The van der Waals surface area contributed by atoms with Crippen LogP contribution in [-0.4, -0.2) is 35.2 Å². The van der Waals surface area contributed by atoms with Crippen LogP contribution in [0.4, 0.5) is 0 Å². The van der Waals surface area contributed by atoms with E-state index >= 15 is 0 Å². The first-order valence-corrected chi connectivity index (χ1v) is 7.83. The van der Waals surface area contributed by atoms with Gasteiger partial charge in [0.05, 0.1) is 10.5 Å². The van der Waals surface area contributed by atoms with E-state index in [2.05, 4.69) is 5.32 Å². The summed E-state index contributed by atoms with van der Waals surface area (Å²) in [5.74, 6) is 0.525. The van der Waals surface area contributed by atoms with E-state index in [1.54, 1.807) is 18.7 Å². The molecular formula is C12H19NO2S2. The van der Waals surface area contributed by atoms with Gasteiger partial charge in [-0.15, -0.1) is 11.3 Å². The minimum atomic E-state index is -0.848. The lowest BCUT2D eigenvalue weighted by atomic mass is 10.1. The van der Waals surface area contributed by atoms with Crippen molar-refractivity contribution < 1.29 is 9.90 Å². The normalized spacial score (nSPS) is 14.4. The van der Waals surface area contributed by atoms with Crippen LogP contribution >= 0.6 is 23.1 Å². The lowest BCUT2D eigenvalue weighted by Crippen LogP contribution is -2.42. The van der Waals surface area contributed by atoms with Crippen molar-refractivity contribution in [3.63, 3.8) is 0 Å². The molecule has 0 saturated carbocycles. The summed E-state index contributed by atoms with van der Waals surface area (Å²) in [6, 6.07) is 1.97. The molecule has 0 saturated heterocycles. The summed E-state index contributed by atoms with van der Waals surface area (Å²) in [5.41, 5.74) is 0.218. The fraction of sp³-hybridized carbons (Fsp3) is 0.583. The maximum absolute atomic E-state index is 11.9. The molecule has 0 fully saturated rings. The number of aliphatic hydroxyl groups is 1. The largest absolute Gasteiger partial charge is 0.387 e. The molecule has 5 heteroatoms. The van der Waals surface area contributed by atoms with Gasteiger partial charge < -0.3 is 10.4 Å². The van der Waals surface area contributed by atoms with Crippen molar-refractivity contribution in [1.82, 2.24) is 5.32 Å². The van der Waals surface area contributed by atoms with Crippen molar-refractivity contribution in [2.24, 2.45) is 0 Å². The van der Waals surface area contributed by atoms with E-state index in [0.717, 1.165) is 16.9 Å². The molecule has 0 bridgehead atoms. The van der Waals surface area contributed by atoms with Crippen LogP contribution in [0.3, 0.4) is 0 Å². The molecule has 96 valence electrons. The number of aryl methyl sites for hydroxylation is 1. The van der Waals surface area contributed by atoms with Crippen LogP contribution in [0, 0.1) is 0 Å². The Hall–Kier alpha value is -0.520. The number of rotatable bonds is 6. The molecule has 0 spiro atoms. The average molecular weight is 273 g/mol. The van der Waals surface area contributed by atoms with Gasteiger partial charge in [0, 0.05) is 12.3 Å². The Morgan fingerprint density at radius 2 is 2.35 bits per heavy atom. The zero-order valence-corrected chi connectivity index (χ0v) is 12.1. The predicted molar refractivity (Wildman–Crippen MR) is 75.0 cm³/mol. The second-order valence-electron chi connectivity index (χ2n) is 4.24. The highest BCUT2D eigenvalue weighted by atomic mass is 32.2. The van der Waals surface area contributed by atoms with Gasteiger partial charge in [0.15, 0.2) is 0 Å². The summed E-state index contributed by atoms with van der Waals surface area (Å²) in [6.07, 6.45) is 2.79. The fourth-order valence-electron chi connectivity index (χ4n) is 1.53. The minimum Gasteiger partial charge on any atom is -0.387 e. The second kappa shape index (κ2) is 6.42. The topological polar surface area (TPSA) is 49.3 Å². The van der Waals surface area contributed by atoms with Crippen molar-refractivity contribution in [1.29, 1.82) is 0 Å². The first-order valence-electron chi connectivity index (χ1n) is 5.56. The van der Waals surface area contributed by atoms with Crippen LogP contribution in [0.2, 0.25) is 0 Å². The molecular weight excluding hydrogens is 254 g/mol. The summed E-state index contributed by atoms with van der Waals surface area (Å²) in [4.78, 5) is 12.7. The van der Waals surface area contributed by atoms with Gasteiger partial charge in [-0.2, -0.15) is 11.8 Å². The van der Waals surface area contributed by atoms with Crippen LogP contribution in [0.25, 0.3) is 0 Å². The molecule has 17 heavy (non-hydrogen) atoms. The number of amides is 1. The Kier molecular flexibility index (Phi) is 5.49. The van der Waals surface area contributed by atoms with Gasteiger partial charge in [0.25, 0.3) is 5.91 Å². The molecule has 2 N–H and O–H groups in total. The van der Waals surface area contributed by atoms with Gasteiger partial charge >= 0.3 is 0 Å². The fourth-order valence-corrected chi connectivity index (χ4v) is 3.16. The quantitative estimate of drug-likeness (QED) is 0.835. The van der Waals surface area contributed by atoms with E-state index in [-0.39, 0.29) is 12.5 Å². The highest BCUT2D eigenvalue weighted by Gasteiger charge is 2.21. The van der Waals surface area contributed by atoms with Crippen molar-refractivity contribution in [3.8, 4) is 0 Å². The Balaban J connectivity index is 2.56. The number of hydrogen-bond acceptors (Lipinski definition) is 4. The third-order valence-electron chi connectivity index (χ3n) is 2.42. The standard InChI is InChI=1S/C12H19NO2S2/c1-4-9-5-6-17-10(9)11(14)13-7-12(2,15)8-16-3/h5-6,15H,4,7-8H2,1-3H3,(H,13,14)/t12-/m0/s1. The minimum absolute atomic E-state index is 0.0850. The molecule has 1 aromatic heterocycles. The maximum atomic E-state index is 11.9. The number of hydrogen-bond donors (Lipinski definition) is 2. The molecule has 0 aromatic carbocycles. The van der Waals surface area contributed by atoms with E-state index in [1.807, 2.05) is 24.6 Å². The number of carbonyl (C=O) groups excluding carboxylic acids is 1. The first kappa shape index (κ1) is 14.5. The summed E-state index contributed by atoms with van der Waals surface area (Å²) in [6.45, 7) is 4.05. The monoisotopic (exact) mass is 273 g/mol. The van der Waals surface area contributed by atoms with Crippen LogP contribution in [0.15, 0.2) is 11.4 Å². The molecule has 1 rings (SSSR count). The maximum Gasteiger partial charge on any atom is 0.261 e. The molecule has 0 aliphatic heterocycles. The third kappa shape index (κ3) is 4.33. The molecule has 0 aliphatic rings. The van der Waals surface area contributed by atoms with Gasteiger partial charge in [0.1, 0.15) is 0 Å². The smallest absolute Gasteiger partial charge is 0.261 e. The van der Waals surface area contributed by atoms with Gasteiger partial charge in [-0.25, -0.2) is 0 Å². The van der Waals surface area contributed by atoms with Crippen molar-refractivity contribution in [2.45, 2.75) is 25.9 Å². The van der Waals surface area contributed by atoms with Crippen molar-refractivity contribution >= 4 is 29.0 Å². The van der Waals surface area contributed by atoms with Gasteiger partial charge in [0.2, 0.25) is 0 Å². The third-order valence-corrected chi connectivity index (χ3v) is 4.28. The highest BCUT2D eigenvalue weighted by Crippen LogP contribution is 2.17. The van der Waals surface area contributed by atoms with Crippen LogP contribution in [0.5, 0.6) is 0 Å². The van der Waals surface area contributed by atoms with Crippen molar-refractivity contribution in [2.75, 3.05) is 18.6 Å². The van der Waals surface area contributed by atoms with Crippen LogP contribution in [-0.2, 0) is 6.42 Å². The van der Waals surface area contributed by atoms with Gasteiger partial charge in [-0.05, 0) is 36.6 Å². The van der Waals surface area contributed by atoms with E-state index in [4.69, 9.17) is 0 Å². The molecule has 0 aliphatic carbocycles. The molecule has 0 radical (unpaired) electrons. The molecule has 1 amide bonds. The van der Waals surface area contributed by atoms with E-state index < -0.39 is 5.60 Å². The Morgan fingerprint density at radius 1 is 1.65 bits per heavy atom. The average Bonchev–Trinajstić information content (AvgIpc) is 2.74. The summed E-state index contributed by atoms with van der Waals surface area (Å²) < 4.78 is 0. The predicted octanol–water partition coefficient (Wildman–Crippen LogP) is 2.15. The van der Waals surface area contributed by atoms with Crippen LogP contribution in [0.1, 0.15) is 29.1 Å². The summed E-state index contributed by atoms with van der Waals surface area (Å²) in [7, 11) is 0. The van der Waals surface area contributed by atoms with E-state index in [0.29, 0.717) is 5.75 Å². The summed E-state index contributed by atoms with van der Waals surface area (Å²) >= 11 is 3.01. The molecule has 1 aromatic rings. The Morgan fingerprint density at radius 3 is 2.94 bits per heavy atom. The van der Waals surface area contributed by atoms with Crippen molar-refractivity contribution in [3.05, 3.63) is 21.9 Å². The first-order chi connectivity index (χ1) is 8.00. The molecule has 1 atom stereocenters. The highest BCUT2D eigenvalue weighted by molar-refractivity contribution is 7.98. The van der Waals surface area contributed by atoms with Gasteiger partial charge in [-0.3, -0.25) is 4.79 Å². The molecule has 1 heterocycles. The second-order valence-corrected chi connectivity index (χ2v) is 6.02. The Labute approximate surface area is 111 Å². The zero-order chi connectivity index (χ0) is 12.9. The van der Waals surface area contributed by atoms with Crippen LogP contribution < -0.4 is 5.32 Å². The number of nitrogens with one attached hydrogen (secondary N) is 1. The zero-order valence-electron chi connectivity index (χ0n) is 10.4. The Bertz CT molecular complexity index is 374. The summed E-state index contributed by atoms with van der Waals surface area (Å²) in [5, 5.41) is 14.7. The lowest BCUT2D eigenvalue weighted by molar-refractivity contribution is 0.0727. The number of thioether (sulfide) groups is 1. The van der Waals surface area contributed by atoms with E-state index in [1.165, 1.54) is 11.3 Å². The SMILES string of the molecule is CCc1ccsc1C(=O)NC[C@](C)(O)CSC. The molecule has 0 unspecified atom stereocenters. The van der Waals surface area contributed by atoms with E-state index in [9.17, 15) is 9.90 Å².